The van der Waals surface area contributed by atoms with E-state index in [1.54, 1.807) is 24.5 Å². The predicted molar refractivity (Wildman–Crippen MR) is 76.8 cm³/mol. The maximum absolute atomic E-state index is 13.4. The number of nitrogens with zero attached hydrogens (tertiary/aromatic N) is 2. The summed E-state index contributed by atoms with van der Waals surface area (Å²) in [5, 5.41) is 3.16. The van der Waals surface area contributed by atoms with Gasteiger partial charge in [-0.1, -0.05) is 19.1 Å². The number of aromatic nitrogens is 2. The van der Waals surface area contributed by atoms with Gasteiger partial charge in [0.25, 0.3) is 0 Å². The average molecular weight is 277 g/mol. The van der Waals surface area contributed by atoms with Gasteiger partial charge in [-0.25, -0.2) is 9.37 Å². The van der Waals surface area contributed by atoms with Gasteiger partial charge in [-0.05, 0) is 18.6 Å². The fourth-order valence-electron chi connectivity index (χ4n) is 1.49. The molecule has 0 fully saturated rings. The number of anilines is 1. The Hall–Kier alpha value is -1.62. The van der Waals surface area contributed by atoms with Crippen molar-refractivity contribution in [1.29, 1.82) is 0 Å². The minimum absolute atomic E-state index is 0.193. The second-order valence-electron chi connectivity index (χ2n) is 4.04. The van der Waals surface area contributed by atoms with Crippen LogP contribution < -0.4 is 5.32 Å². The quantitative estimate of drug-likeness (QED) is 0.816. The molecule has 0 aliphatic carbocycles. The molecule has 0 bridgehead atoms. The van der Waals surface area contributed by atoms with Crippen molar-refractivity contribution >= 4 is 17.6 Å². The van der Waals surface area contributed by atoms with Crippen molar-refractivity contribution < 1.29 is 4.39 Å². The maximum atomic E-state index is 13.4. The van der Waals surface area contributed by atoms with Crippen LogP contribution in [0.15, 0.2) is 41.6 Å². The van der Waals surface area contributed by atoms with Crippen molar-refractivity contribution in [1.82, 2.24) is 9.97 Å². The van der Waals surface area contributed by atoms with Crippen molar-refractivity contribution in [2.45, 2.75) is 24.0 Å². The molecular formula is C14H16FN3S. The first-order chi connectivity index (χ1) is 9.29. The molecule has 100 valence electrons. The van der Waals surface area contributed by atoms with Crippen LogP contribution in [0.3, 0.4) is 0 Å². The number of halogens is 1. The van der Waals surface area contributed by atoms with Gasteiger partial charge in [0.15, 0.2) is 0 Å². The first-order valence-electron chi connectivity index (χ1n) is 6.21. The van der Waals surface area contributed by atoms with E-state index in [2.05, 4.69) is 22.2 Å². The highest BCUT2D eigenvalue weighted by atomic mass is 32.2. The normalized spacial score (nSPS) is 10.4. The first kappa shape index (κ1) is 13.8. The summed E-state index contributed by atoms with van der Waals surface area (Å²) in [6.07, 6.45) is 4.49. The third-order valence-electron chi connectivity index (χ3n) is 2.47. The van der Waals surface area contributed by atoms with Crippen LogP contribution >= 0.6 is 11.8 Å². The van der Waals surface area contributed by atoms with E-state index in [1.807, 2.05) is 6.07 Å². The number of thioether (sulfide) groups is 1. The number of rotatable bonds is 6. The van der Waals surface area contributed by atoms with E-state index in [1.165, 1.54) is 17.8 Å². The lowest BCUT2D eigenvalue weighted by Gasteiger charge is -2.05. The highest BCUT2D eigenvalue weighted by Crippen LogP contribution is 2.24. The number of benzene rings is 1. The molecule has 2 rings (SSSR count). The molecular weight excluding hydrogens is 261 g/mol. The van der Waals surface area contributed by atoms with Crippen LogP contribution in [0.1, 0.15) is 19.0 Å². The fourth-order valence-corrected chi connectivity index (χ4v) is 2.32. The maximum Gasteiger partial charge on any atom is 0.144 e. The third-order valence-corrected chi connectivity index (χ3v) is 3.56. The van der Waals surface area contributed by atoms with Crippen molar-refractivity contribution in [3.8, 4) is 0 Å². The minimum atomic E-state index is -0.193. The molecule has 0 amide bonds. The summed E-state index contributed by atoms with van der Waals surface area (Å²) in [5.74, 6) is 1.20. The van der Waals surface area contributed by atoms with Gasteiger partial charge >= 0.3 is 0 Å². The van der Waals surface area contributed by atoms with Crippen LogP contribution in [0.5, 0.6) is 0 Å². The molecule has 0 unspecified atom stereocenters. The van der Waals surface area contributed by atoms with Gasteiger partial charge in [-0.2, -0.15) is 0 Å². The van der Waals surface area contributed by atoms with Crippen molar-refractivity contribution in [3.63, 3.8) is 0 Å². The van der Waals surface area contributed by atoms with Crippen molar-refractivity contribution in [2.75, 3.05) is 11.9 Å². The van der Waals surface area contributed by atoms with E-state index < -0.39 is 0 Å². The molecule has 1 heterocycles. The molecule has 19 heavy (non-hydrogen) atoms. The van der Waals surface area contributed by atoms with Crippen LogP contribution in [0, 0.1) is 5.82 Å². The lowest BCUT2D eigenvalue weighted by molar-refractivity contribution is 0.602. The smallest absolute Gasteiger partial charge is 0.144 e. The Morgan fingerprint density at radius 1 is 1.21 bits per heavy atom. The Kier molecular flexibility index (Phi) is 5.15. The SMILES string of the molecule is CCCNc1cnc(CSc2ccccc2F)cn1. The number of hydrogen-bond donors (Lipinski definition) is 1. The van der Waals surface area contributed by atoms with E-state index in [4.69, 9.17) is 0 Å². The van der Waals surface area contributed by atoms with E-state index >= 15 is 0 Å². The largest absolute Gasteiger partial charge is 0.369 e. The lowest BCUT2D eigenvalue weighted by atomic mass is 10.3. The molecule has 3 nitrogen and oxygen atoms in total. The average Bonchev–Trinajstić information content (AvgIpc) is 2.45. The van der Waals surface area contributed by atoms with Crippen LogP contribution in [-0.4, -0.2) is 16.5 Å². The van der Waals surface area contributed by atoms with Gasteiger partial charge in [0.1, 0.15) is 11.6 Å². The Labute approximate surface area is 116 Å². The molecule has 0 saturated carbocycles. The van der Waals surface area contributed by atoms with Crippen LogP contribution in [0.4, 0.5) is 10.2 Å². The summed E-state index contributed by atoms with van der Waals surface area (Å²) >= 11 is 1.43. The lowest BCUT2D eigenvalue weighted by Crippen LogP contribution is -2.02. The summed E-state index contributed by atoms with van der Waals surface area (Å²) in [5.41, 5.74) is 0.843. The van der Waals surface area contributed by atoms with Crippen LogP contribution in [0.2, 0.25) is 0 Å². The summed E-state index contributed by atoms with van der Waals surface area (Å²) in [6.45, 7) is 2.98. The Bertz CT molecular complexity index is 516. The molecule has 5 heteroatoms. The minimum Gasteiger partial charge on any atom is -0.369 e. The zero-order valence-corrected chi connectivity index (χ0v) is 11.6. The van der Waals surface area contributed by atoms with Crippen LogP contribution in [-0.2, 0) is 5.75 Å². The molecule has 0 aliphatic rings. The van der Waals surface area contributed by atoms with E-state index in [0.717, 1.165) is 24.5 Å². The summed E-state index contributed by atoms with van der Waals surface area (Å²) < 4.78 is 13.4. The van der Waals surface area contributed by atoms with Gasteiger partial charge in [0.05, 0.1) is 18.1 Å². The van der Waals surface area contributed by atoms with Gasteiger partial charge in [-0.3, -0.25) is 4.98 Å². The Morgan fingerprint density at radius 3 is 2.74 bits per heavy atom. The molecule has 0 aliphatic heterocycles. The Balaban J connectivity index is 1.91. The molecule has 2 aromatic rings. The number of nitrogens with one attached hydrogen (secondary N) is 1. The number of hydrogen-bond acceptors (Lipinski definition) is 4. The van der Waals surface area contributed by atoms with Crippen molar-refractivity contribution in [3.05, 3.63) is 48.2 Å². The highest BCUT2D eigenvalue weighted by molar-refractivity contribution is 7.98. The molecule has 1 aromatic heterocycles. The molecule has 0 atom stereocenters. The van der Waals surface area contributed by atoms with Gasteiger partial charge < -0.3 is 5.32 Å². The summed E-state index contributed by atoms with van der Waals surface area (Å²) in [7, 11) is 0. The highest BCUT2D eigenvalue weighted by Gasteiger charge is 2.03. The monoisotopic (exact) mass is 277 g/mol. The van der Waals surface area contributed by atoms with E-state index in [9.17, 15) is 4.39 Å². The molecule has 1 aromatic carbocycles. The molecule has 0 spiro atoms. The first-order valence-corrected chi connectivity index (χ1v) is 7.20. The van der Waals surface area contributed by atoms with Crippen molar-refractivity contribution in [2.24, 2.45) is 0 Å². The molecule has 0 radical (unpaired) electrons. The van der Waals surface area contributed by atoms with E-state index in [0.29, 0.717) is 10.6 Å². The summed E-state index contributed by atoms with van der Waals surface area (Å²) in [6, 6.07) is 6.75. The second-order valence-corrected chi connectivity index (χ2v) is 5.06. The van der Waals surface area contributed by atoms with Gasteiger partial charge in [0.2, 0.25) is 0 Å². The molecule has 1 N–H and O–H groups in total. The van der Waals surface area contributed by atoms with E-state index in [-0.39, 0.29) is 5.82 Å². The summed E-state index contributed by atoms with van der Waals surface area (Å²) in [4.78, 5) is 9.21. The third kappa shape index (κ3) is 4.21. The zero-order chi connectivity index (χ0) is 13.5. The predicted octanol–water partition coefficient (Wildman–Crippen LogP) is 3.73. The topological polar surface area (TPSA) is 37.8 Å². The fraction of sp³-hybridized carbons (Fsp3) is 0.286. The Morgan fingerprint density at radius 2 is 2.05 bits per heavy atom. The molecule has 0 saturated heterocycles. The van der Waals surface area contributed by atoms with Crippen LogP contribution in [0.25, 0.3) is 0 Å². The van der Waals surface area contributed by atoms with Gasteiger partial charge in [0, 0.05) is 17.2 Å². The van der Waals surface area contributed by atoms with Gasteiger partial charge in [-0.15, -0.1) is 11.8 Å². The second kappa shape index (κ2) is 7.09. The zero-order valence-electron chi connectivity index (χ0n) is 10.8. The standard InChI is InChI=1S/C14H16FN3S/c1-2-7-16-14-9-17-11(8-18-14)10-19-13-6-4-3-5-12(13)15/h3-6,8-9H,2,7,10H2,1H3,(H,16,18).